The second-order valence-corrected chi connectivity index (χ2v) is 4.45. The van der Waals surface area contributed by atoms with Crippen molar-refractivity contribution < 1.29 is 19.5 Å². The molecule has 0 aromatic heterocycles. The van der Waals surface area contributed by atoms with E-state index in [0.717, 1.165) is 12.2 Å². The van der Waals surface area contributed by atoms with Crippen molar-refractivity contribution in [1.29, 1.82) is 0 Å². The molecule has 0 saturated carbocycles. The zero-order valence-electron chi connectivity index (χ0n) is 11.8. The molecule has 0 saturated heterocycles. The van der Waals surface area contributed by atoms with Gasteiger partial charge in [0.15, 0.2) is 0 Å². The number of nitrogens with two attached hydrogens (primary N) is 1. The highest BCUT2D eigenvalue weighted by Crippen LogP contribution is 2.20. The third-order valence-electron chi connectivity index (χ3n) is 2.67. The Bertz CT molecular complexity index is 585. The molecule has 1 aromatic carbocycles. The zero-order valence-corrected chi connectivity index (χ0v) is 11.8. The van der Waals surface area contributed by atoms with Gasteiger partial charge in [-0.05, 0) is 42.3 Å². The van der Waals surface area contributed by atoms with Crippen LogP contribution in [0.5, 0.6) is 0 Å². The molecule has 0 aliphatic carbocycles. The second kappa shape index (κ2) is 7.75. The van der Waals surface area contributed by atoms with Crippen molar-refractivity contribution in [2.45, 2.75) is 12.5 Å². The number of anilines is 2. The fourth-order valence-electron chi connectivity index (χ4n) is 1.68. The summed E-state index contributed by atoms with van der Waals surface area (Å²) in [5.41, 5.74) is 6.83. The van der Waals surface area contributed by atoms with Crippen LogP contribution >= 0.6 is 0 Å². The molecule has 0 radical (unpaired) electrons. The van der Waals surface area contributed by atoms with Crippen LogP contribution < -0.4 is 16.4 Å². The summed E-state index contributed by atoms with van der Waals surface area (Å²) in [6.07, 6.45) is 2.24. The Labute approximate surface area is 127 Å². The number of rotatable bonds is 7. The van der Waals surface area contributed by atoms with Gasteiger partial charge in [-0.15, -0.1) is 0 Å². The van der Waals surface area contributed by atoms with Crippen LogP contribution in [0.1, 0.15) is 5.56 Å². The van der Waals surface area contributed by atoms with Crippen LogP contribution in [0.25, 0.3) is 0 Å². The third-order valence-corrected chi connectivity index (χ3v) is 2.67. The summed E-state index contributed by atoms with van der Waals surface area (Å²) in [7, 11) is 0. The normalized spacial score (nSPS) is 11.1. The minimum Gasteiger partial charge on any atom is -0.480 e. The highest BCUT2D eigenvalue weighted by Gasteiger charge is 2.14. The Hall–Kier alpha value is -2.93. The van der Waals surface area contributed by atoms with Gasteiger partial charge in [0.1, 0.15) is 6.04 Å². The van der Waals surface area contributed by atoms with Crippen LogP contribution in [0.3, 0.4) is 0 Å². The van der Waals surface area contributed by atoms with Gasteiger partial charge < -0.3 is 21.5 Å². The van der Waals surface area contributed by atoms with Crippen molar-refractivity contribution in [2.24, 2.45) is 5.73 Å². The lowest BCUT2D eigenvalue weighted by Crippen LogP contribution is -2.32. The van der Waals surface area contributed by atoms with Crippen molar-refractivity contribution in [3.63, 3.8) is 0 Å². The Morgan fingerprint density at radius 1 is 1.09 bits per heavy atom. The molecule has 7 nitrogen and oxygen atoms in total. The topological polar surface area (TPSA) is 122 Å². The quantitative estimate of drug-likeness (QED) is 0.557. The van der Waals surface area contributed by atoms with E-state index in [-0.39, 0.29) is 6.42 Å². The molecule has 1 rings (SSSR count). The molecule has 22 heavy (non-hydrogen) atoms. The summed E-state index contributed by atoms with van der Waals surface area (Å²) >= 11 is 0. The average molecular weight is 303 g/mol. The van der Waals surface area contributed by atoms with Gasteiger partial charge in [0.2, 0.25) is 11.8 Å². The van der Waals surface area contributed by atoms with Gasteiger partial charge in [-0.25, -0.2) is 0 Å². The van der Waals surface area contributed by atoms with Crippen LogP contribution in [0, 0.1) is 0 Å². The molecule has 116 valence electrons. The fraction of sp³-hybridized carbons (Fsp3) is 0.133. The monoisotopic (exact) mass is 303 g/mol. The van der Waals surface area contributed by atoms with E-state index in [1.165, 1.54) is 6.07 Å². The second-order valence-electron chi connectivity index (χ2n) is 4.45. The van der Waals surface area contributed by atoms with Gasteiger partial charge in [-0.3, -0.25) is 14.4 Å². The number of carbonyl (C=O) groups excluding carboxylic acids is 2. The maximum absolute atomic E-state index is 11.4. The molecular weight excluding hydrogens is 286 g/mol. The molecule has 0 heterocycles. The highest BCUT2D eigenvalue weighted by atomic mass is 16.4. The molecule has 2 amide bonds. The van der Waals surface area contributed by atoms with Gasteiger partial charge >= 0.3 is 5.97 Å². The maximum atomic E-state index is 11.4. The molecule has 5 N–H and O–H groups in total. The van der Waals surface area contributed by atoms with Crippen LogP contribution in [0.4, 0.5) is 11.4 Å². The van der Waals surface area contributed by atoms with Gasteiger partial charge in [-0.1, -0.05) is 13.2 Å². The number of nitrogens with one attached hydrogen (secondary N) is 2. The van der Waals surface area contributed by atoms with E-state index in [1.807, 2.05) is 0 Å². The number of hydrogen-bond donors (Lipinski definition) is 4. The Kier molecular flexibility index (Phi) is 6.03. The number of aliphatic carboxylic acids is 1. The van der Waals surface area contributed by atoms with Crippen molar-refractivity contribution in [3.05, 3.63) is 49.1 Å². The standard InChI is InChI=1S/C15H17N3O4/c1-3-13(19)17-10-5-9(7-12(16)15(21)22)6-11(8-10)18-14(20)4-2/h3-6,8,12H,1-2,7,16H2,(H,17,19)(H,18,20)(H,21,22)/t12-/m0/s1. The summed E-state index contributed by atoms with van der Waals surface area (Å²) in [5.74, 6) is -2.00. The number of carboxylic acid groups (broad SMARTS) is 1. The number of amides is 2. The van der Waals surface area contributed by atoms with Gasteiger partial charge in [-0.2, -0.15) is 0 Å². The Morgan fingerprint density at radius 3 is 1.91 bits per heavy atom. The highest BCUT2D eigenvalue weighted by molar-refractivity contribution is 6.01. The van der Waals surface area contributed by atoms with Gasteiger partial charge in [0.05, 0.1) is 0 Å². The third kappa shape index (κ3) is 5.22. The summed E-state index contributed by atoms with van der Waals surface area (Å²) in [5, 5.41) is 13.9. The lowest BCUT2D eigenvalue weighted by molar-refractivity contribution is -0.138. The summed E-state index contributed by atoms with van der Waals surface area (Å²) in [6.45, 7) is 6.68. The van der Waals surface area contributed by atoms with Crippen LogP contribution in [-0.2, 0) is 20.8 Å². The minimum absolute atomic E-state index is 0.0457. The SMILES string of the molecule is C=CC(=O)Nc1cc(C[C@H](N)C(=O)O)cc(NC(=O)C=C)c1. The van der Waals surface area contributed by atoms with Crippen molar-refractivity contribution >= 4 is 29.2 Å². The zero-order chi connectivity index (χ0) is 16.7. The first-order valence-electron chi connectivity index (χ1n) is 6.35. The maximum Gasteiger partial charge on any atom is 0.320 e. The largest absolute Gasteiger partial charge is 0.480 e. The van der Waals surface area contributed by atoms with E-state index >= 15 is 0 Å². The summed E-state index contributed by atoms with van der Waals surface area (Å²) < 4.78 is 0. The molecule has 0 aliphatic rings. The van der Waals surface area contributed by atoms with Gasteiger partial charge in [0, 0.05) is 11.4 Å². The van der Waals surface area contributed by atoms with E-state index < -0.39 is 23.8 Å². The Balaban J connectivity index is 3.10. The molecular formula is C15H17N3O4. The first kappa shape index (κ1) is 17.1. The van der Waals surface area contributed by atoms with Crippen LogP contribution in [-0.4, -0.2) is 28.9 Å². The van der Waals surface area contributed by atoms with E-state index in [2.05, 4.69) is 23.8 Å². The molecule has 0 unspecified atom stereocenters. The lowest BCUT2D eigenvalue weighted by Gasteiger charge is -2.12. The van der Waals surface area contributed by atoms with Crippen molar-refractivity contribution in [3.8, 4) is 0 Å². The molecule has 0 aliphatic heterocycles. The number of carbonyl (C=O) groups is 3. The van der Waals surface area contributed by atoms with Crippen LogP contribution in [0.15, 0.2) is 43.5 Å². The fourth-order valence-corrected chi connectivity index (χ4v) is 1.68. The number of benzene rings is 1. The smallest absolute Gasteiger partial charge is 0.320 e. The van der Waals surface area contributed by atoms with Crippen molar-refractivity contribution in [1.82, 2.24) is 0 Å². The molecule has 1 aromatic rings. The van der Waals surface area contributed by atoms with E-state index in [0.29, 0.717) is 16.9 Å². The van der Waals surface area contributed by atoms with E-state index in [4.69, 9.17) is 10.8 Å². The summed E-state index contributed by atoms with van der Waals surface area (Å²) in [6, 6.07) is 3.59. The average Bonchev–Trinajstić information content (AvgIpc) is 2.46. The molecule has 0 bridgehead atoms. The number of carboxylic acids is 1. The predicted octanol–water partition coefficient (Wildman–Crippen LogP) is 0.890. The van der Waals surface area contributed by atoms with Crippen molar-refractivity contribution in [2.75, 3.05) is 10.6 Å². The van der Waals surface area contributed by atoms with E-state index in [9.17, 15) is 14.4 Å². The first-order valence-corrected chi connectivity index (χ1v) is 6.35. The number of hydrogen-bond acceptors (Lipinski definition) is 4. The molecule has 7 heteroatoms. The van der Waals surface area contributed by atoms with Gasteiger partial charge in [0.25, 0.3) is 0 Å². The predicted molar refractivity (Wildman–Crippen MR) is 83.4 cm³/mol. The molecule has 0 spiro atoms. The van der Waals surface area contributed by atoms with Crippen LogP contribution in [0.2, 0.25) is 0 Å². The summed E-state index contributed by atoms with van der Waals surface area (Å²) in [4.78, 5) is 33.6. The molecule has 1 atom stereocenters. The molecule has 0 fully saturated rings. The lowest BCUT2D eigenvalue weighted by atomic mass is 10.0. The Morgan fingerprint density at radius 2 is 1.55 bits per heavy atom. The van der Waals surface area contributed by atoms with E-state index in [1.54, 1.807) is 12.1 Å². The minimum atomic E-state index is -1.14. The first-order chi connectivity index (χ1) is 10.3.